The molecule has 2 amide bonds. The minimum absolute atomic E-state index is 0.0141. The molecule has 0 bridgehead atoms. The van der Waals surface area contributed by atoms with Crippen LogP contribution in [-0.2, 0) is 22.7 Å². The topological polar surface area (TPSA) is 95.3 Å². The van der Waals surface area contributed by atoms with Crippen molar-refractivity contribution in [3.05, 3.63) is 85.5 Å². The van der Waals surface area contributed by atoms with Gasteiger partial charge in [-0.25, -0.2) is 9.18 Å². The molecule has 1 fully saturated rings. The predicted molar refractivity (Wildman–Crippen MR) is 143 cm³/mol. The van der Waals surface area contributed by atoms with Crippen LogP contribution in [0.2, 0.25) is 0 Å². The Bertz CT molecular complexity index is 1370. The summed E-state index contributed by atoms with van der Waals surface area (Å²) >= 11 is 2.92. The summed E-state index contributed by atoms with van der Waals surface area (Å²) < 4.78 is 35.6. The largest absolute Gasteiger partial charge is 0.490 e. The van der Waals surface area contributed by atoms with Crippen molar-refractivity contribution in [2.75, 3.05) is 13.7 Å². The van der Waals surface area contributed by atoms with Gasteiger partial charge in [0.25, 0.3) is 11.1 Å². The molecule has 0 atom stereocenters. The molecule has 0 unspecified atom stereocenters. The molecule has 37 heavy (non-hydrogen) atoms. The van der Waals surface area contributed by atoms with E-state index in [1.54, 1.807) is 24.3 Å². The SMILES string of the molecule is CCOc1cc(/C=C2/SC(=O)N(Cc3ccc(C(=O)OC)o3)C2=O)cc(I)c1OCc1ccc(F)cc1. The molecule has 1 aromatic heterocycles. The van der Waals surface area contributed by atoms with E-state index in [4.69, 9.17) is 13.9 Å². The van der Waals surface area contributed by atoms with Gasteiger partial charge in [-0.05, 0) is 94.9 Å². The van der Waals surface area contributed by atoms with Gasteiger partial charge in [-0.15, -0.1) is 0 Å². The number of thioether (sulfide) groups is 1. The summed E-state index contributed by atoms with van der Waals surface area (Å²) in [6, 6.07) is 12.5. The third-order valence-corrected chi connectivity index (χ3v) is 6.87. The zero-order valence-electron chi connectivity index (χ0n) is 19.8. The molecule has 8 nitrogen and oxygen atoms in total. The number of hydrogen-bond acceptors (Lipinski definition) is 8. The number of carbonyl (C=O) groups is 3. The highest BCUT2D eigenvalue weighted by Gasteiger charge is 2.36. The van der Waals surface area contributed by atoms with Gasteiger partial charge >= 0.3 is 5.97 Å². The van der Waals surface area contributed by atoms with Crippen molar-refractivity contribution in [3.63, 3.8) is 0 Å². The van der Waals surface area contributed by atoms with Gasteiger partial charge in [0.15, 0.2) is 11.5 Å². The number of hydrogen-bond donors (Lipinski definition) is 0. The Kier molecular flexibility index (Phi) is 8.54. The Morgan fingerprint density at radius 1 is 1.14 bits per heavy atom. The zero-order valence-corrected chi connectivity index (χ0v) is 22.8. The van der Waals surface area contributed by atoms with Crippen molar-refractivity contribution in [2.24, 2.45) is 0 Å². The van der Waals surface area contributed by atoms with Crippen LogP contribution in [0.3, 0.4) is 0 Å². The third-order valence-electron chi connectivity index (χ3n) is 5.16. The minimum Gasteiger partial charge on any atom is -0.490 e. The van der Waals surface area contributed by atoms with Crippen molar-refractivity contribution in [3.8, 4) is 11.5 Å². The van der Waals surface area contributed by atoms with Gasteiger partial charge in [-0.3, -0.25) is 14.5 Å². The lowest BCUT2D eigenvalue weighted by Gasteiger charge is -2.15. The molecule has 0 spiro atoms. The summed E-state index contributed by atoms with van der Waals surface area (Å²) in [7, 11) is 1.23. The first kappa shape index (κ1) is 26.7. The number of amides is 2. The summed E-state index contributed by atoms with van der Waals surface area (Å²) in [5.74, 6) is -0.179. The second-order valence-electron chi connectivity index (χ2n) is 7.70. The van der Waals surface area contributed by atoms with Gasteiger partial charge in [0.2, 0.25) is 5.76 Å². The van der Waals surface area contributed by atoms with Crippen LogP contribution < -0.4 is 9.47 Å². The summed E-state index contributed by atoms with van der Waals surface area (Å²) in [4.78, 5) is 38.4. The lowest BCUT2D eigenvalue weighted by Crippen LogP contribution is -2.27. The summed E-state index contributed by atoms with van der Waals surface area (Å²) in [6.07, 6.45) is 1.61. The van der Waals surface area contributed by atoms with Gasteiger partial charge in [-0.1, -0.05) is 12.1 Å². The van der Waals surface area contributed by atoms with Gasteiger partial charge < -0.3 is 18.6 Å². The standard InChI is InChI=1S/C26H21FINO7S/c1-3-34-21-11-16(10-19(28)23(21)35-14-15-4-6-17(27)7-5-15)12-22-24(30)29(26(32)37-22)13-18-8-9-20(36-18)25(31)33-2/h4-12H,3,13-14H2,1-2H3/b22-12+. The first-order chi connectivity index (χ1) is 17.8. The molecule has 3 aromatic rings. The second-order valence-corrected chi connectivity index (χ2v) is 9.86. The van der Waals surface area contributed by atoms with Crippen molar-refractivity contribution in [1.82, 2.24) is 4.90 Å². The number of rotatable bonds is 9. The number of methoxy groups -OCH3 is 1. The van der Waals surface area contributed by atoms with Gasteiger partial charge in [0, 0.05) is 0 Å². The van der Waals surface area contributed by atoms with E-state index >= 15 is 0 Å². The van der Waals surface area contributed by atoms with Crippen molar-refractivity contribution < 1.29 is 37.4 Å². The molecule has 4 rings (SSSR count). The van der Waals surface area contributed by atoms with Gasteiger partial charge in [0.1, 0.15) is 18.2 Å². The fourth-order valence-electron chi connectivity index (χ4n) is 3.43. The molecule has 0 radical (unpaired) electrons. The molecule has 1 aliphatic rings. The van der Waals surface area contributed by atoms with E-state index in [0.717, 1.165) is 25.8 Å². The van der Waals surface area contributed by atoms with Crippen LogP contribution in [0.5, 0.6) is 11.5 Å². The van der Waals surface area contributed by atoms with E-state index in [9.17, 15) is 18.8 Å². The molecule has 1 saturated heterocycles. The Labute approximate surface area is 229 Å². The third kappa shape index (κ3) is 6.34. The monoisotopic (exact) mass is 637 g/mol. The van der Waals surface area contributed by atoms with Crippen molar-refractivity contribution >= 4 is 57.5 Å². The highest BCUT2D eigenvalue weighted by molar-refractivity contribution is 14.1. The molecular weight excluding hydrogens is 616 g/mol. The first-order valence-electron chi connectivity index (χ1n) is 11.0. The smallest absolute Gasteiger partial charge is 0.373 e. The van der Waals surface area contributed by atoms with Crippen LogP contribution in [0.4, 0.5) is 9.18 Å². The highest BCUT2D eigenvalue weighted by Crippen LogP contribution is 2.38. The number of furan rings is 1. The van der Waals surface area contributed by atoms with E-state index in [1.807, 2.05) is 13.0 Å². The Morgan fingerprint density at radius 2 is 1.89 bits per heavy atom. The Morgan fingerprint density at radius 3 is 2.59 bits per heavy atom. The van der Waals surface area contributed by atoms with E-state index in [-0.39, 0.29) is 35.4 Å². The zero-order chi connectivity index (χ0) is 26.5. The average molecular weight is 637 g/mol. The number of ether oxygens (including phenoxy) is 3. The number of benzene rings is 2. The van der Waals surface area contributed by atoms with Crippen LogP contribution >= 0.6 is 34.4 Å². The highest BCUT2D eigenvalue weighted by atomic mass is 127. The number of carbonyl (C=O) groups excluding carboxylic acids is 3. The quantitative estimate of drug-likeness (QED) is 0.160. The molecule has 192 valence electrons. The van der Waals surface area contributed by atoms with E-state index in [0.29, 0.717) is 23.7 Å². The molecule has 11 heteroatoms. The molecular formula is C26H21FINO7S. The normalized spacial score (nSPS) is 14.4. The molecule has 0 aliphatic carbocycles. The second kappa shape index (κ2) is 11.8. The number of nitrogens with zero attached hydrogens (tertiary/aromatic N) is 1. The van der Waals surface area contributed by atoms with E-state index in [2.05, 4.69) is 27.3 Å². The number of esters is 1. The number of imide groups is 1. The average Bonchev–Trinajstić information content (AvgIpc) is 3.45. The molecule has 0 N–H and O–H groups in total. The minimum atomic E-state index is -0.648. The molecule has 2 heterocycles. The van der Waals surface area contributed by atoms with Crippen LogP contribution in [0, 0.1) is 9.39 Å². The van der Waals surface area contributed by atoms with Gasteiger partial charge in [0.05, 0.1) is 28.7 Å². The van der Waals surface area contributed by atoms with Crippen molar-refractivity contribution in [1.29, 1.82) is 0 Å². The number of halogens is 2. The van der Waals surface area contributed by atoms with Crippen LogP contribution in [0.25, 0.3) is 6.08 Å². The molecule has 0 saturated carbocycles. The molecule has 2 aromatic carbocycles. The predicted octanol–water partition coefficient (Wildman–Crippen LogP) is 6.02. The summed E-state index contributed by atoms with van der Waals surface area (Å²) in [5, 5.41) is -0.453. The maximum Gasteiger partial charge on any atom is 0.373 e. The molecule has 1 aliphatic heterocycles. The van der Waals surface area contributed by atoms with Crippen molar-refractivity contribution in [2.45, 2.75) is 20.1 Å². The van der Waals surface area contributed by atoms with Gasteiger partial charge in [-0.2, -0.15) is 0 Å². The first-order valence-corrected chi connectivity index (χ1v) is 12.9. The van der Waals surface area contributed by atoms with Crippen LogP contribution in [0.1, 0.15) is 34.4 Å². The summed E-state index contributed by atoms with van der Waals surface area (Å²) in [6.45, 7) is 2.34. The lowest BCUT2D eigenvalue weighted by molar-refractivity contribution is -0.123. The lowest BCUT2D eigenvalue weighted by atomic mass is 10.1. The maximum atomic E-state index is 13.2. The Hall–Kier alpha value is -3.32. The Balaban J connectivity index is 1.52. The summed E-state index contributed by atoms with van der Waals surface area (Å²) in [5.41, 5.74) is 1.45. The fourth-order valence-corrected chi connectivity index (χ4v) is 5.05. The maximum absolute atomic E-state index is 13.2. The fraction of sp³-hybridized carbons (Fsp3) is 0.192. The van der Waals surface area contributed by atoms with Crippen LogP contribution in [-0.4, -0.2) is 35.7 Å². The van der Waals surface area contributed by atoms with E-state index < -0.39 is 17.1 Å². The van der Waals surface area contributed by atoms with E-state index in [1.165, 1.54) is 31.4 Å². The van der Waals surface area contributed by atoms with Crippen LogP contribution in [0.15, 0.2) is 57.9 Å².